The minimum absolute atomic E-state index is 0.00899. The van der Waals surface area contributed by atoms with E-state index in [1.165, 1.54) is 5.56 Å². The number of ketones is 1. The van der Waals surface area contributed by atoms with E-state index in [0.29, 0.717) is 17.0 Å². The van der Waals surface area contributed by atoms with Crippen LogP contribution in [-0.2, 0) is 11.2 Å². The van der Waals surface area contributed by atoms with Crippen LogP contribution in [0.25, 0.3) is 11.3 Å². The van der Waals surface area contributed by atoms with E-state index in [-0.39, 0.29) is 35.1 Å². The fourth-order valence-electron chi connectivity index (χ4n) is 5.96. The standard InChI is InChI=1S/C30H33ClN4O2/c1-18(36)34-25-10-9-22-23-14-20(27(37)13-19-5-7-21(31)8-6-19)15-24(26-16-32-11-12-33-26)28(23)35(29(22)25)17-30(2,3)4/h5-8,11-12,14-16,22,25,29H,9-10,13,17H2,1-4H3,(H,34,36)/t22-,25+,29+/m0/s1. The Morgan fingerprint density at radius 2 is 1.86 bits per heavy atom. The van der Waals surface area contributed by atoms with Crippen molar-refractivity contribution in [2.24, 2.45) is 5.41 Å². The normalized spacial score (nSPS) is 20.5. The maximum atomic E-state index is 13.6. The van der Waals surface area contributed by atoms with Crippen LogP contribution in [0.15, 0.2) is 55.0 Å². The summed E-state index contributed by atoms with van der Waals surface area (Å²) in [6, 6.07) is 11.7. The second-order valence-electron chi connectivity index (χ2n) is 11.4. The lowest BCUT2D eigenvalue weighted by molar-refractivity contribution is -0.119. The monoisotopic (exact) mass is 516 g/mol. The predicted molar refractivity (Wildman–Crippen MR) is 147 cm³/mol. The number of benzene rings is 2. The summed E-state index contributed by atoms with van der Waals surface area (Å²) in [4.78, 5) is 37.1. The fraction of sp³-hybridized carbons (Fsp3) is 0.400. The molecule has 1 saturated carbocycles. The van der Waals surface area contributed by atoms with Gasteiger partial charge in [0.1, 0.15) is 0 Å². The zero-order valence-corrected chi connectivity index (χ0v) is 22.5. The van der Waals surface area contributed by atoms with E-state index in [1.54, 1.807) is 25.5 Å². The van der Waals surface area contributed by atoms with Gasteiger partial charge in [0.05, 0.1) is 23.6 Å². The molecule has 1 fully saturated rings. The molecule has 3 atom stereocenters. The third-order valence-corrected chi connectivity index (χ3v) is 7.52. The molecule has 1 aliphatic carbocycles. The van der Waals surface area contributed by atoms with Crippen LogP contribution in [0.4, 0.5) is 5.69 Å². The highest BCUT2D eigenvalue weighted by molar-refractivity contribution is 6.30. The van der Waals surface area contributed by atoms with Gasteiger partial charge in [-0.25, -0.2) is 0 Å². The molecule has 192 valence electrons. The van der Waals surface area contributed by atoms with E-state index in [4.69, 9.17) is 11.6 Å². The lowest BCUT2D eigenvalue weighted by Crippen LogP contribution is -2.50. The van der Waals surface area contributed by atoms with Crippen LogP contribution in [0.1, 0.15) is 67.9 Å². The Kier molecular flexibility index (Phi) is 6.80. The number of nitrogens with zero attached hydrogens (tertiary/aromatic N) is 3. The van der Waals surface area contributed by atoms with Gasteiger partial charge in [-0.3, -0.25) is 19.6 Å². The number of amides is 1. The van der Waals surface area contributed by atoms with Crippen molar-refractivity contribution in [1.82, 2.24) is 15.3 Å². The van der Waals surface area contributed by atoms with E-state index in [1.807, 2.05) is 30.3 Å². The van der Waals surface area contributed by atoms with Gasteiger partial charge in [0.15, 0.2) is 5.78 Å². The molecule has 6 nitrogen and oxygen atoms in total. The Balaban J connectivity index is 1.63. The number of carbonyl (C=O) groups excluding carboxylic acids is 2. The highest BCUT2D eigenvalue weighted by atomic mass is 35.5. The Bertz CT molecular complexity index is 1320. The Hall–Kier alpha value is -3.25. The molecule has 1 aromatic heterocycles. The molecule has 2 aromatic carbocycles. The number of fused-ring (bicyclic) bond motifs is 3. The van der Waals surface area contributed by atoms with Crippen LogP contribution in [0.3, 0.4) is 0 Å². The highest BCUT2D eigenvalue weighted by Crippen LogP contribution is 2.53. The zero-order valence-electron chi connectivity index (χ0n) is 21.8. The van der Waals surface area contributed by atoms with Gasteiger partial charge in [0.25, 0.3) is 0 Å². The molecule has 0 spiro atoms. The van der Waals surface area contributed by atoms with Crippen molar-refractivity contribution in [3.05, 3.63) is 76.7 Å². The van der Waals surface area contributed by atoms with Crippen molar-refractivity contribution in [2.45, 2.75) is 65.0 Å². The van der Waals surface area contributed by atoms with Crippen molar-refractivity contribution in [1.29, 1.82) is 0 Å². The lowest BCUT2D eigenvalue weighted by Gasteiger charge is -2.37. The first-order chi connectivity index (χ1) is 17.6. The minimum atomic E-state index is -0.00899. The van der Waals surface area contributed by atoms with Crippen molar-refractivity contribution in [3.63, 3.8) is 0 Å². The molecule has 0 saturated heterocycles. The topological polar surface area (TPSA) is 75.2 Å². The molecule has 37 heavy (non-hydrogen) atoms. The number of halogens is 1. The van der Waals surface area contributed by atoms with Crippen LogP contribution in [0.2, 0.25) is 5.02 Å². The van der Waals surface area contributed by atoms with Gasteiger partial charge in [-0.2, -0.15) is 0 Å². The molecule has 1 N–H and O–H groups in total. The summed E-state index contributed by atoms with van der Waals surface area (Å²) in [5.41, 5.74) is 5.58. The average Bonchev–Trinajstić information content (AvgIpc) is 3.38. The Morgan fingerprint density at radius 3 is 2.51 bits per heavy atom. The van der Waals surface area contributed by atoms with Crippen molar-refractivity contribution >= 4 is 29.0 Å². The number of hydrogen-bond donors (Lipinski definition) is 1. The third kappa shape index (κ3) is 5.26. The summed E-state index contributed by atoms with van der Waals surface area (Å²) in [5.74, 6) is 0.274. The maximum absolute atomic E-state index is 13.6. The van der Waals surface area contributed by atoms with Crippen molar-refractivity contribution in [2.75, 3.05) is 11.4 Å². The number of aromatic nitrogens is 2. The first-order valence-electron chi connectivity index (χ1n) is 12.9. The van der Waals surface area contributed by atoms with Crippen LogP contribution in [-0.4, -0.2) is 40.3 Å². The first kappa shape index (κ1) is 25.4. The van der Waals surface area contributed by atoms with Gasteiger partial charge < -0.3 is 10.2 Å². The minimum Gasteiger partial charge on any atom is -0.365 e. The summed E-state index contributed by atoms with van der Waals surface area (Å²) >= 11 is 6.04. The van der Waals surface area contributed by atoms with E-state index in [2.05, 4.69) is 47.0 Å². The fourth-order valence-corrected chi connectivity index (χ4v) is 6.09. The number of Topliss-reactive ketones (excluding diaryl/α,β-unsaturated/α-hetero) is 1. The summed E-state index contributed by atoms with van der Waals surface area (Å²) in [5, 5.41) is 3.86. The molecule has 0 bridgehead atoms. The molecular formula is C30H33ClN4O2. The van der Waals surface area contributed by atoms with Crippen molar-refractivity contribution in [3.8, 4) is 11.3 Å². The van der Waals surface area contributed by atoms with Gasteiger partial charge in [0.2, 0.25) is 5.91 Å². The maximum Gasteiger partial charge on any atom is 0.217 e. The smallest absolute Gasteiger partial charge is 0.217 e. The molecule has 2 heterocycles. The van der Waals surface area contributed by atoms with E-state index >= 15 is 0 Å². The summed E-state index contributed by atoms with van der Waals surface area (Å²) < 4.78 is 0. The number of hydrogen-bond acceptors (Lipinski definition) is 5. The first-order valence-corrected chi connectivity index (χ1v) is 13.2. The summed E-state index contributed by atoms with van der Waals surface area (Å²) in [6.07, 6.45) is 7.28. The van der Waals surface area contributed by atoms with Crippen LogP contribution >= 0.6 is 11.6 Å². The largest absolute Gasteiger partial charge is 0.365 e. The molecule has 1 amide bonds. The average molecular weight is 517 g/mol. The molecule has 3 aromatic rings. The van der Waals surface area contributed by atoms with Crippen LogP contribution in [0, 0.1) is 5.41 Å². The van der Waals surface area contributed by atoms with E-state index in [0.717, 1.165) is 41.9 Å². The second-order valence-corrected chi connectivity index (χ2v) is 11.9. The SMILES string of the molecule is CC(=O)N[C@@H]1CC[C@H]2c3cc(C(=O)Cc4ccc(Cl)cc4)cc(-c4cnccn4)c3N(CC(C)(C)C)[C@@H]12. The van der Waals surface area contributed by atoms with Crippen LogP contribution < -0.4 is 10.2 Å². The van der Waals surface area contributed by atoms with Gasteiger partial charge in [0, 0.05) is 60.4 Å². The van der Waals surface area contributed by atoms with Gasteiger partial charge in [-0.05, 0) is 53.6 Å². The number of nitrogens with one attached hydrogen (secondary N) is 1. The van der Waals surface area contributed by atoms with E-state index in [9.17, 15) is 9.59 Å². The molecule has 5 rings (SSSR count). The second kappa shape index (κ2) is 9.90. The number of anilines is 1. The molecule has 7 heteroatoms. The third-order valence-electron chi connectivity index (χ3n) is 7.27. The molecule has 2 aliphatic rings. The highest BCUT2D eigenvalue weighted by Gasteiger charge is 2.49. The quantitative estimate of drug-likeness (QED) is 0.416. The molecular weight excluding hydrogens is 484 g/mol. The van der Waals surface area contributed by atoms with Crippen molar-refractivity contribution < 1.29 is 9.59 Å². The predicted octanol–water partition coefficient (Wildman–Crippen LogP) is 5.84. The summed E-state index contributed by atoms with van der Waals surface area (Å²) in [6.45, 7) is 9.10. The van der Waals surface area contributed by atoms with Crippen LogP contribution in [0.5, 0.6) is 0 Å². The Labute approximate surface area is 223 Å². The van der Waals surface area contributed by atoms with Gasteiger partial charge >= 0.3 is 0 Å². The zero-order chi connectivity index (χ0) is 26.3. The van der Waals surface area contributed by atoms with Gasteiger partial charge in [-0.1, -0.05) is 44.5 Å². The van der Waals surface area contributed by atoms with E-state index < -0.39 is 0 Å². The van der Waals surface area contributed by atoms with Gasteiger partial charge in [-0.15, -0.1) is 0 Å². The lowest BCUT2D eigenvalue weighted by atomic mass is 9.90. The Morgan fingerprint density at radius 1 is 1.11 bits per heavy atom. The molecule has 1 aliphatic heterocycles. The molecule has 0 unspecified atom stereocenters. The number of carbonyl (C=O) groups is 2. The number of rotatable bonds is 6. The molecule has 0 radical (unpaired) electrons. The summed E-state index contributed by atoms with van der Waals surface area (Å²) in [7, 11) is 0.